The van der Waals surface area contributed by atoms with Crippen molar-refractivity contribution in [2.24, 2.45) is 5.10 Å². The summed E-state index contributed by atoms with van der Waals surface area (Å²) in [6.45, 7) is 2.65. The van der Waals surface area contributed by atoms with Crippen molar-refractivity contribution in [3.05, 3.63) is 95.6 Å². The molecule has 0 aliphatic carbocycles. The largest absolute Gasteiger partial charge is 0.494 e. The number of hydrogen-bond donors (Lipinski definition) is 0. The van der Waals surface area contributed by atoms with Crippen LogP contribution in [0.4, 0.5) is 0 Å². The van der Waals surface area contributed by atoms with Crippen molar-refractivity contribution in [1.29, 1.82) is 0 Å². The monoisotopic (exact) mass is 370 g/mol. The van der Waals surface area contributed by atoms with Crippen LogP contribution in [0.5, 0.6) is 11.5 Å². The Morgan fingerprint density at radius 1 is 0.964 bits per heavy atom. The molecule has 2 unspecified atom stereocenters. The predicted octanol–water partition coefficient (Wildman–Crippen LogP) is 5.33. The lowest BCUT2D eigenvalue weighted by molar-refractivity contribution is -0.0190. The molecule has 0 amide bonds. The van der Waals surface area contributed by atoms with E-state index >= 15 is 0 Å². The summed E-state index contributed by atoms with van der Waals surface area (Å²) < 4.78 is 12.0. The molecule has 4 heteroatoms. The first kappa shape index (κ1) is 16.9. The van der Waals surface area contributed by atoms with Crippen molar-refractivity contribution in [3.8, 4) is 11.5 Å². The van der Waals surface area contributed by atoms with Gasteiger partial charge >= 0.3 is 0 Å². The summed E-state index contributed by atoms with van der Waals surface area (Å²) >= 11 is 0. The minimum absolute atomic E-state index is 0.178. The van der Waals surface area contributed by atoms with Gasteiger partial charge in [-0.2, -0.15) is 5.10 Å². The fourth-order valence-corrected chi connectivity index (χ4v) is 3.95. The van der Waals surface area contributed by atoms with Crippen LogP contribution in [-0.4, -0.2) is 17.3 Å². The van der Waals surface area contributed by atoms with E-state index in [1.165, 1.54) is 11.1 Å². The molecule has 0 saturated heterocycles. The number of hydrogen-bond acceptors (Lipinski definition) is 4. The number of fused-ring (bicyclic) bond motifs is 3. The number of nitrogens with zero attached hydrogens (tertiary/aromatic N) is 2. The molecule has 2 heterocycles. The number of ether oxygens (including phenoxy) is 2. The topological polar surface area (TPSA) is 34.1 Å². The lowest BCUT2D eigenvalue weighted by Crippen LogP contribution is -2.33. The zero-order valence-electron chi connectivity index (χ0n) is 15.8. The summed E-state index contributed by atoms with van der Waals surface area (Å²) in [4.78, 5) is 0. The lowest BCUT2D eigenvalue weighted by Gasteiger charge is -2.38. The molecule has 2 atom stereocenters. The molecule has 0 radical (unpaired) electrons. The second-order valence-corrected chi connectivity index (χ2v) is 7.02. The molecular weight excluding hydrogens is 348 g/mol. The minimum Gasteiger partial charge on any atom is -0.494 e. The third-order valence-electron chi connectivity index (χ3n) is 5.28. The highest BCUT2D eigenvalue weighted by molar-refractivity contribution is 6.01. The average molecular weight is 370 g/mol. The van der Waals surface area contributed by atoms with E-state index in [4.69, 9.17) is 14.6 Å². The van der Waals surface area contributed by atoms with E-state index < -0.39 is 0 Å². The summed E-state index contributed by atoms with van der Waals surface area (Å²) in [7, 11) is 0. The molecule has 28 heavy (non-hydrogen) atoms. The van der Waals surface area contributed by atoms with Gasteiger partial charge in [0, 0.05) is 17.5 Å². The molecule has 3 aromatic rings. The van der Waals surface area contributed by atoms with Gasteiger partial charge in [0.15, 0.2) is 0 Å². The van der Waals surface area contributed by atoms with Gasteiger partial charge < -0.3 is 9.47 Å². The molecule has 0 fully saturated rings. The summed E-state index contributed by atoms with van der Waals surface area (Å²) in [5, 5.41) is 7.10. The molecule has 2 aliphatic rings. The first-order valence-electron chi connectivity index (χ1n) is 9.73. The standard InChI is InChI=1S/C24H22N2O2/c1-2-27-19-14-12-18(13-15-19)24-26-22(20-10-6-7-11-23(20)28-24)16-21(25-26)17-8-4-3-5-9-17/h3-15,22,24H,2,16H2,1H3. The quantitative estimate of drug-likeness (QED) is 0.623. The molecule has 0 aromatic heterocycles. The smallest absolute Gasteiger partial charge is 0.213 e. The van der Waals surface area contributed by atoms with Crippen molar-refractivity contribution < 1.29 is 9.47 Å². The summed E-state index contributed by atoms with van der Waals surface area (Å²) in [6, 6.07) is 27.0. The maximum absolute atomic E-state index is 6.39. The van der Waals surface area contributed by atoms with Gasteiger partial charge in [-0.3, -0.25) is 0 Å². The van der Waals surface area contributed by atoms with E-state index in [9.17, 15) is 0 Å². The molecule has 0 saturated carbocycles. The Bertz CT molecular complexity index is 999. The van der Waals surface area contributed by atoms with Crippen LogP contribution in [0.15, 0.2) is 84.0 Å². The van der Waals surface area contributed by atoms with Gasteiger partial charge in [0.1, 0.15) is 11.5 Å². The minimum atomic E-state index is -0.253. The highest BCUT2D eigenvalue weighted by atomic mass is 16.5. The van der Waals surface area contributed by atoms with Crippen LogP contribution in [0, 0.1) is 0 Å². The van der Waals surface area contributed by atoms with Gasteiger partial charge in [-0.25, -0.2) is 5.01 Å². The predicted molar refractivity (Wildman–Crippen MR) is 110 cm³/mol. The summed E-state index contributed by atoms with van der Waals surface area (Å²) in [5.74, 6) is 1.81. The molecule has 5 rings (SSSR count). The van der Waals surface area contributed by atoms with E-state index in [0.29, 0.717) is 6.61 Å². The van der Waals surface area contributed by atoms with Crippen molar-refractivity contribution in [3.63, 3.8) is 0 Å². The molecule has 2 aliphatic heterocycles. The van der Waals surface area contributed by atoms with Gasteiger partial charge in [0.25, 0.3) is 0 Å². The molecule has 140 valence electrons. The van der Waals surface area contributed by atoms with Crippen LogP contribution in [-0.2, 0) is 0 Å². The van der Waals surface area contributed by atoms with Gasteiger partial charge in [-0.05, 0) is 42.8 Å². The highest BCUT2D eigenvalue weighted by Gasteiger charge is 2.40. The van der Waals surface area contributed by atoms with Gasteiger partial charge in [-0.15, -0.1) is 0 Å². The molecule has 4 nitrogen and oxygen atoms in total. The Morgan fingerprint density at radius 3 is 2.50 bits per heavy atom. The fourth-order valence-electron chi connectivity index (χ4n) is 3.95. The zero-order chi connectivity index (χ0) is 18.9. The van der Waals surface area contributed by atoms with Crippen LogP contribution in [0.2, 0.25) is 0 Å². The molecule has 0 spiro atoms. The maximum atomic E-state index is 6.39. The summed E-state index contributed by atoms with van der Waals surface area (Å²) in [5.41, 5.74) is 4.53. The van der Waals surface area contributed by atoms with Gasteiger partial charge in [0.2, 0.25) is 6.23 Å². The zero-order valence-corrected chi connectivity index (χ0v) is 15.8. The van der Waals surface area contributed by atoms with Crippen molar-refractivity contribution in [2.75, 3.05) is 6.61 Å². The maximum Gasteiger partial charge on any atom is 0.213 e. The second-order valence-electron chi connectivity index (χ2n) is 7.02. The van der Waals surface area contributed by atoms with Crippen molar-refractivity contribution in [1.82, 2.24) is 5.01 Å². The van der Waals surface area contributed by atoms with Crippen molar-refractivity contribution in [2.45, 2.75) is 25.6 Å². The Kier molecular flexibility index (Phi) is 4.24. The van der Waals surface area contributed by atoms with E-state index in [1.807, 2.05) is 31.2 Å². The third-order valence-corrected chi connectivity index (χ3v) is 5.28. The molecule has 0 bridgehead atoms. The van der Waals surface area contributed by atoms with Crippen LogP contribution >= 0.6 is 0 Å². The van der Waals surface area contributed by atoms with E-state index in [-0.39, 0.29) is 12.3 Å². The first-order chi connectivity index (χ1) is 13.8. The fraction of sp³-hybridized carbons (Fsp3) is 0.208. The van der Waals surface area contributed by atoms with Crippen LogP contribution in [0.25, 0.3) is 0 Å². The highest BCUT2D eigenvalue weighted by Crippen LogP contribution is 2.47. The van der Waals surface area contributed by atoms with Gasteiger partial charge in [-0.1, -0.05) is 48.5 Å². The Labute approximate surface area is 165 Å². The number of benzene rings is 3. The number of para-hydroxylation sites is 1. The van der Waals surface area contributed by atoms with Crippen LogP contribution in [0.1, 0.15) is 42.3 Å². The van der Waals surface area contributed by atoms with E-state index in [2.05, 4.69) is 59.6 Å². The molecule has 0 N–H and O–H groups in total. The van der Waals surface area contributed by atoms with E-state index in [1.54, 1.807) is 0 Å². The lowest BCUT2D eigenvalue weighted by atomic mass is 9.96. The van der Waals surface area contributed by atoms with Crippen molar-refractivity contribution >= 4 is 5.71 Å². The third kappa shape index (κ3) is 2.91. The Balaban J connectivity index is 1.54. The average Bonchev–Trinajstić information content (AvgIpc) is 3.20. The van der Waals surface area contributed by atoms with Crippen LogP contribution in [0.3, 0.4) is 0 Å². The first-order valence-corrected chi connectivity index (χ1v) is 9.73. The van der Waals surface area contributed by atoms with Crippen LogP contribution < -0.4 is 9.47 Å². The normalized spacial score (nSPS) is 20.0. The molecule has 3 aromatic carbocycles. The van der Waals surface area contributed by atoms with Gasteiger partial charge in [0.05, 0.1) is 18.4 Å². The van der Waals surface area contributed by atoms with E-state index in [0.717, 1.165) is 29.2 Å². The Morgan fingerprint density at radius 2 is 1.71 bits per heavy atom. The summed E-state index contributed by atoms with van der Waals surface area (Å²) in [6.07, 6.45) is 0.620. The molecular formula is C24H22N2O2. The number of rotatable bonds is 4. The SMILES string of the molecule is CCOc1ccc(C2Oc3ccccc3C3CC(c4ccccc4)=NN32)cc1. The Hall–Kier alpha value is -3.27. The second kappa shape index (κ2) is 7.04. The number of hydrazone groups is 1.